The van der Waals surface area contributed by atoms with Crippen molar-refractivity contribution < 1.29 is 14.3 Å². The third-order valence-corrected chi connectivity index (χ3v) is 7.22. The summed E-state index contributed by atoms with van der Waals surface area (Å²) >= 11 is 1.39. The summed E-state index contributed by atoms with van der Waals surface area (Å²) in [5.41, 5.74) is 8.79. The zero-order valence-electron chi connectivity index (χ0n) is 22.4. The molecule has 0 spiro atoms. The number of rotatable bonds is 11. The average Bonchev–Trinajstić information content (AvgIpc) is 3.34. The number of nitrogens with zero attached hydrogens (tertiary/aromatic N) is 3. The summed E-state index contributed by atoms with van der Waals surface area (Å²) in [6.07, 6.45) is 1.58. The molecule has 0 aliphatic rings. The third-order valence-electron chi connectivity index (χ3n) is 6.24. The molecule has 202 valence electrons. The van der Waals surface area contributed by atoms with Crippen molar-refractivity contribution in [3.8, 4) is 11.5 Å². The first-order chi connectivity index (χ1) is 19.6. The Balaban J connectivity index is 1.19. The zero-order chi connectivity index (χ0) is 27.7. The molecule has 0 saturated heterocycles. The maximum atomic E-state index is 12.6. The van der Waals surface area contributed by atoms with Gasteiger partial charge in [0.25, 0.3) is 5.91 Å². The van der Waals surface area contributed by atoms with Crippen molar-refractivity contribution in [3.05, 3.63) is 119 Å². The van der Waals surface area contributed by atoms with Gasteiger partial charge in [-0.2, -0.15) is 5.10 Å². The first-order valence-corrected chi connectivity index (χ1v) is 13.9. The number of hydrazone groups is 1. The monoisotopic (exact) mass is 550 g/mol. The maximum absolute atomic E-state index is 12.6. The summed E-state index contributed by atoms with van der Waals surface area (Å²) in [7, 11) is 1.59. The van der Waals surface area contributed by atoms with Gasteiger partial charge in [-0.3, -0.25) is 4.79 Å². The number of amides is 1. The normalized spacial score (nSPS) is 11.2. The number of para-hydroxylation sites is 2. The van der Waals surface area contributed by atoms with E-state index in [1.54, 1.807) is 13.3 Å². The van der Waals surface area contributed by atoms with E-state index in [0.717, 1.165) is 27.3 Å². The molecule has 0 aliphatic carbocycles. The summed E-state index contributed by atoms with van der Waals surface area (Å²) < 4.78 is 13.5. The Labute approximate surface area is 237 Å². The first kappa shape index (κ1) is 27.0. The molecule has 1 heterocycles. The van der Waals surface area contributed by atoms with E-state index in [1.165, 1.54) is 22.9 Å². The van der Waals surface area contributed by atoms with Crippen molar-refractivity contribution in [2.24, 2.45) is 5.10 Å². The lowest BCUT2D eigenvalue weighted by molar-refractivity contribution is -0.118. The van der Waals surface area contributed by atoms with Gasteiger partial charge in [-0.05, 0) is 53.9 Å². The number of imidazole rings is 1. The van der Waals surface area contributed by atoms with Crippen molar-refractivity contribution >= 4 is 34.9 Å². The predicted octanol–water partition coefficient (Wildman–Crippen LogP) is 6.22. The highest BCUT2D eigenvalue weighted by Gasteiger charge is 2.13. The van der Waals surface area contributed by atoms with Gasteiger partial charge >= 0.3 is 0 Å². The number of hydrogen-bond donors (Lipinski definition) is 1. The second kappa shape index (κ2) is 13.0. The van der Waals surface area contributed by atoms with E-state index in [1.807, 2.05) is 66.7 Å². The predicted molar refractivity (Wildman–Crippen MR) is 160 cm³/mol. The highest BCUT2D eigenvalue weighted by Crippen LogP contribution is 2.28. The van der Waals surface area contributed by atoms with Crippen LogP contribution in [0.5, 0.6) is 11.5 Å². The molecule has 0 atom stereocenters. The SMILES string of the molecule is COc1cc(/C=N/NC(=O)CSc2nc3ccccc3n2Cc2ccc(C)cc2)ccc1OCc1ccccc1. The van der Waals surface area contributed by atoms with Gasteiger partial charge in [-0.15, -0.1) is 0 Å². The second-order valence-corrected chi connectivity index (χ2v) is 10.2. The van der Waals surface area contributed by atoms with Crippen molar-refractivity contribution in [3.63, 3.8) is 0 Å². The van der Waals surface area contributed by atoms with Gasteiger partial charge in [-0.1, -0.05) is 84.1 Å². The largest absolute Gasteiger partial charge is 0.493 e. The van der Waals surface area contributed by atoms with Crippen LogP contribution in [0.3, 0.4) is 0 Å². The number of carbonyl (C=O) groups is 1. The Kier molecular flexibility index (Phi) is 8.78. The van der Waals surface area contributed by atoms with Gasteiger partial charge in [0.1, 0.15) is 6.61 Å². The van der Waals surface area contributed by atoms with E-state index in [4.69, 9.17) is 14.5 Å². The van der Waals surface area contributed by atoms with Crippen molar-refractivity contribution in [1.82, 2.24) is 15.0 Å². The van der Waals surface area contributed by atoms with Crippen LogP contribution in [0.15, 0.2) is 107 Å². The Morgan fingerprint density at radius 3 is 2.52 bits per heavy atom. The fourth-order valence-corrected chi connectivity index (χ4v) is 4.96. The molecule has 4 aromatic carbocycles. The fourth-order valence-electron chi connectivity index (χ4n) is 4.15. The number of ether oxygens (including phenoxy) is 2. The van der Waals surface area contributed by atoms with E-state index in [2.05, 4.69) is 52.3 Å². The molecule has 0 saturated carbocycles. The van der Waals surface area contributed by atoms with Crippen LogP contribution in [0.1, 0.15) is 22.3 Å². The topological polar surface area (TPSA) is 77.7 Å². The summed E-state index contributed by atoms with van der Waals surface area (Å²) in [5.74, 6) is 1.20. The number of carbonyl (C=O) groups excluding carboxylic acids is 1. The quantitative estimate of drug-likeness (QED) is 0.120. The van der Waals surface area contributed by atoms with Gasteiger partial charge in [0.15, 0.2) is 16.7 Å². The van der Waals surface area contributed by atoms with Crippen LogP contribution in [0, 0.1) is 6.92 Å². The number of nitrogens with one attached hydrogen (secondary N) is 1. The molecule has 1 amide bonds. The van der Waals surface area contributed by atoms with Crippen LogP contribution >= 0.6 is 11.8 Å². The molecule has 0 bridgehead atoms. The molecule has 5 rings (SSSR count). The van der Waals surface area contributed by atoms with E-state index < -0.39 is 0 Å². The van der Waals surface area contributed by atoms with Crippen LogP contribution in [0.2, 0.25) is 0 Å². The minimum Gasteiger partial charge on any atom is -0.493 e. The minimum atomic E-state index is -0.218. The summed E-state index contributed by atoms with van der Waals surface area (Å²) in [4.78, 5) is 17.4. The molecule has 5 aromatic rings. The lowest BCUT2D eigenvalue weighted by atomic mass is 10.1. The highest BCUT2D eigenvalue weighted by molar-refractivity contribution is 7.99. The Bertz CT molecular complexity index is 1620. The van der Waals surface area contributed by atoms with Crippen LogP contribution < -0.4 is 14.9 Å². The van der Waals surface area contributed by atoms with Crippen LogP contribution in [-0.2, 0) is 17.9 Å². The molecular formula is C32H30N4O3S. The molecule has 7 nitrogen and oxygen atoms in total. The van der Waals surface area contributed by atoms with Crippen molar-refractivity contribution in [2.45, 2.75) is 25.2 Å². The molecule has 1 aromatic heterocycles. The smallest absolute Gasteiger partial charge is 0.250 e. The number of aromatic nitrogens is 2. The van der Waals surface area contributed by atoms with E-state index >= 15 is 0 Å². The lowest BCUT2D eigenvalue weighted by Gasteiger charge is -2.11. The van der Waals surface area contributed by atoms with Crippen LogP contribution in [0.4, 0.5) is 0 Å². The van der Waals surface area contributed by atoms with Gasteiger partial charge in [-0.25, -0.2) is 10.4 Å². The molecule has 0 unspecified atom stereocenters. The van der Waals surface area contributed by atoms with Gasteiger partial charge in [0, 0.05) is 0 Å². The van der Waals surface area contributed by atoms with Crippen LogP contribution in [-0.4, -0.2) is 34.5 Å². The molecule has 40 heavy (non-hydrogen) atoms. The second-order valence-electron chi connectivity index (χ2n) is 9.22. The van der Waals surface area contributed by atoms with Crippen LogP contribution in [0.25, 0.3) is 11.0 Å². The van der Waals surface area contributed by atoms with E-state index in [9.17, 15) is 4.79 Å². The standard InChI is InChI=1S/C32H30N4O3S/c1-23-12-14-24(15-13-23)20-36-28-11-7-6-10-27(28)34-32(36)40-22-31(37)35-33-19-26-16-17-29(30(18-26)38-2)39-21-25-8-4-3-5-9-25/h3-19H,20-22H2,1-2H3,(H,35,37)/b33-19+. The summed E-state index contributed by atoms with van der Waals surface area (Å²) in [6.45, 7) is 3.19. The zero-order valence-corrected chi connectivity index (χ0v) is 23.2. The van der Waals surface area contributed by atoms with Gasteiger partial charge < -0.3 is 14.0 Å². The Morgan fingerprint density at radius 1 is 0.950 bits per heavy atom. The van der Waals surface area contributed by atoms with E-state index in [-0.39, 0.29) is 11.7 Å². The minimum absolute atomic E-state index is 0.185. The molecule has 0 radical (unpaired) electrons. The van der Waals surface area contributed by atoms with Crippen molar-refractivity contribution in [2.75, 3.05) is 12.9 Å². The average molecular weight is 551 g/mol. The lowest BCUT2D eigenvalue weighted by Crippen LogP contribution is -2.20. The maximum Gasteiger partial charge on any atom is 0.250 e. The van der Waals surface area contributed by atoms with Gasteiger partial charge in [0.2, 0.25) is 0 Å². The summed E-state index contributed by atoms with van der Waals surface area (Å²) in [5, 5.41) is 4.92. The number of benzene rings is 4. The Hall–Kier alpha value is -4.56. The summed E-state index contributed by atoms with van der Waals surface area (Å²) in [6, 6.07) is 31.9. The van der Waals surface area contributed by atoms with E-state index in [0.29, 0.717) is 24.7 Å². The number of thioether (sulfide) groups is 1. The molecule has 8 heteroatoms. The van der Waals surface area contributed by atoms with Crippen molar-refractivity contribution in [1.29, 1.82) is 0 Å². The first-order valence-electron chi connectivity index (χ1n) is 12.9. The molecule has 0 fully saturated rings. The molecule has 0 aliphatic heterocycles. The third kappa shape index (κ3) is 6.90. The Morgan fingerprint density at radius 2 is 1.73 bits per heavy atom. The van der Waals surface area contributed by atoms with Gasteiger partial charge in [0.05, 0.1) is 36.7 Å². The number of methoxy groups -OCH3 is 1. The number of fused-ring (bicyclic) bond motifs is 1. The highest BCUT2D eigenvalue weighted by atomic mass is 32.2. The molecular weight excluding hydrogens is 520 g/mol. The number of hydrogen-bond acceptors (Lipinski definition) is 6. The number of aryl methyl sites for hydroxylation is 1. The fraction of sp³-hybridized carbons (Fsp3) is 0.156. The molecule has 1 N–H and O–H groups in total.